The first-order valence-corrected chi connectivity index (χ1v) is 9.43. The Balaban J connectivity index is 1.99. The molecule has 0 saturated carbocycles. The number of hydrogen-bond acceptors (Lipinski definition) is 9. The molecule has 0 spiro atoms. The Morgan fingerprint density at radius 1 is 0.545 bits per heavy atom. The lowest BCUT2D eigenvalue weighted by Gasteiger charge is -2.11. The third kappa shape index (κ3) is 4.38. The van der Waals surface area contributed by atoms with Crippen molar-refractivity contribution in [2.24, 2.45) is 0 Å². The van der Waals surface area contributed by atoms with Crippen molar-refractivity contribution in [2.75, 3.05) is 14.2 Å². The summed E-state index contributed by atoms with van der Waals surface area (Å²) in [6.45, 7) is 0. The van der Waals surface area contributed by atoms with E-state index in [4.69, 9.17) is 9.47 Å². The topological polar surface area (TPSA) is 147 Å². The molecule has 0 aromatic heterocycles. The number of aromatic hydroxyl groups is 3. The lowest BCUT2D eigenvalue weighted by atomic mass is 9.94. The standard InChI is InChI=1S/C24H18O9/c1-32-14-7-3-12(4-8-14)18(25)20(27)16-11-17(23(30)24(31)22(16)29)21(28)19(26)13-5-9-15(33-2)10-6-13/h3-11,29-31H,1-2H3. The molecule has 0 amide bonds. The molecule has 3 aromatic rings. The molecule has 0 aliphatic heterocycles. The Morgan fingerprint density at radius 2 is 0.879 bits per heavy atom. The minimum Gasteiger partial charge on any atom is -0.504 e. The van der Waals surface area contributed by atoms with Crippen molar-refractivity contribution < 1.29 is 44.0 Å². The molecule has 9 heteroatoms. The lowest BCUT2D eigenvalue weighted by molar-refractivity contribution is 0.0809. The molecule has 0 atom stereocenters. The van der Waals surface area contributed by atoms with Gasteiger partial charge in [-0.25, -0.2) is 0 Å². The van der Waals surface area contributed by atoms with Crippen molar-refractivity contribution >= 4 is 23.1 Å². The van der Waals surface area contributed by atoms with Crippen LogP contribution in [0.1, 0.15) is 41.4 Å². The van der Waals surface area contributed by atoms with Crippen LogP contribution in [0.4, 0.5) is 0 Å². The Labute approximate surface area is 187 Å². The zero-order chi connectivity index (χ0) is 24.3. The lowest BCUT2D eigenvalue weighted by Crippen LogP contribution is -2.18. The summed E-state index contributed by atoms with van der Waals surface area (Å²) in [7, 11) is 2.84. The summed E-state index contributed by atoms with van der Waals surface area (Å²) in [6, 6.07) is 11.7. The van der Waals surface area contributed by atoms with Gasteiger partial charge in [-0.05, 0) is 54.6 Å². The van der Waals surface area contributed by atoms with Gasteiger partial charge < -0.3 is 24.8 Å². The van der Waals surface area contributed by atoms with Gasteiger partial charge in [-0.2, -0.15) is 0 Å². The van der Waals surface area contributed by atoms with E-state index in [1.807, 2.05) is 0 Å². The molecule has 0 saturated heterocycles. The van der Waals surface area contributed by atoms with E-state index in [-0.39, 0.29) is 11.1 Å². The molecule has 3 N–H and O–H groups in total. The van der Waals surface area contributed by atoms with Gasteiger partial charge in [0.2, 0.25) is 28.9 Å². The van der Waals surface area contributed by atoms with Crippen LogP contribution in [0.15, 0.2) is 54.6 Å². The van der Waals surface area contributed by atoms with Crippen LogP contribution in [0.2, 0.25) is 0 Å². The minimum absolute atomic E-state index is 0.0463. The van der Waals surface area contributed by atoms with Gasteiger partial charge >= 0.3 is 0 Å². The van der Waals surface area contributed by atoms with Gasteiger partial charge in [0.1, 0.15) is 11.5 Å². The Morgan fingerprint density at radius 3 is 1.18 bits per heavy atom. The Hall–Kier alpha value is -4.66. The highest BCUT2D eigenvalue weighted by atomic mass is 16.5. The number of phenols is 3. The number of phenolic OH excluding ortho intramolecular Hbond substituents is 3. The predicted molar refractivity (Wildman–Crippen MR) is 115 cm³/mol. The highest BCUT2D eigenvalue weighted by molar-refractivity contribution is 6.52. The largest absolute Gasteiger partial charge is 0.504 e. The number of ether oxygens (including phenoxy) is 2. The van der Waals surface area contributed by atoms with Crippen LogP contribution in [-0.2, 0) is 0 Å². The second-order valence-electron chi connectivity index (χ2n) is 6.79. The zero-order valence-electron chi connectivity index (χ0n) is 17.5. The van der Waals surface area contributed by atoms with Gasteiger partial charge in [-0.15, -0.1) is 0 Å². The van der Waals surface area contributed by atoms with Crippen LogP contribution in [-0.4, -0.2) is 52.7 Å². The van der Waals surface area contributed by atoms with Crippen molar-refractivity contribution in [2.45, 2.75) is 0 Å². The molecule has 33 heavy (non-hydrogen) atoms. The number of hydrogen-bond donors (Lipinski definition) is 3. The van der Waals surface area contributed by atoms with E-state index in [1.54, 1.807) is 0 Å². The summed E-state index contributed by atoms with van der Waals surface area (Å²) in [5, 5.41) is 30.3. The van der Waals surface area contributed by atoms with Crippen LogP contribution in [0.3, 0.4) is 0 Å². The summed E-state index contributed by atoms with van der Waals surface area (Å²) in [5.74, 6) is -7.19. The SMILES string of the molecule is COc1ccc(C(=O)C(=O)c2cc(C(=O)C(=O)c3ccc(OC)cc3)c(O)c(O)c2O)cc1. The quantitative estimate of drug-likeness (QED) is 0.268. The smallest absolute Gasteiger partial charge is 0.237 e. The van der Waals surface area contributed by atoms with Crippen LogP contribution < -0.4 is 9.47 Å². The minimum atomic E-state index is -1.26. The molecule has 0 aliphatic carbocycles. The summed E-state index contributed by atoms with van der Waals surface area (Å²) < 4.78 is 9.96. The van der Waals surface area contributed by atoms with E-state index in [0.717, 1.165) is 0 Å². The second kappa shape index (κ2) is 9.23. The van der Waals surface area contributed by atoms with Gasteiger partial charge in [0.25, 0.3) is 0 Å². The maximum absolute atomic E-state index is 12.7. The summed E-state index contributed by atoms with van der Waals surface area (Å²) in [5.41, 5.74) is -1.60. The van der Waals surface area contributed by atoms with Gasteiger partial charge in [-0.1, -0.05) is 0 Å². The maximum atomic E-state index is 12.7. The van der Waals surface area contributed by atoms with E-state index >= 15 is 0 Å². The van der Waals surface area contributed by atoms with Gasteiger partial charge in [-0.3, -0.25) is 19.2 Å². The van der Waals surface area contributed by atoms with Crippen molar-refractivity contribution in [3.8, 4) is 28.7 Å². The third-order valence-electron chi connectivity index (χ3n) is 4.85. The van der Waals surface area contributed by atoms with Gasteiger partial charge in [0.05, 0.1) is 25.3 Å². The number of benzene rings is 3. The molecule has 3 aromatic carbocycles. The van der Waals surface area contributed by atoms with Crippen molar-refractivity contribution in [3.05, 3.63) is 76.9 Å². The Kier molecular flexibility index (Phi) is 6.43. The van der Waals surface area contributed by atoms with Gasteiger partial charge in [0.15, 0.2) is 11.5 Å². The number of methoxy groups -OCH3 is 2. The number of Topliss-reactive ketones (excluding diaryl/α,β-unsaturated/α-hetero) is 4. The summed E-state index contributed by atoms with van der Waals surface area (Å²) in [4.78, 5) is 50.6. The van der Waals surface area contributed by atoms with Crippen LogP contribution >= 0.6 is 0 Å². The maximum Gasteiger partial charge on any atom is 0.237 e. The number of ketones is 4. The fourth-order valence-electron chi connectivity index (χ4n) is 2.99. The van der Waals surface area contributed by atoms with Crippen LogP contribution in [0, 0.1) is 0 Å². The molecule has 0 bridgehead atoms. The molecule has 9 nitrogen and oxygen atoms in total. The first-order chi connectivity index (χ1) is 15.7. The molecule has 3 rings (SSSR count). The normalized spacial score (nSPS) is 10.4. The van der Waals surface area contributed by atoms with Crippen molar-refractivity contribution in [1.82, 2.24) is 0 Å². The van der Waals surface area contributed by atoms with E-state index in [9.17, 15) is 34.5 Å². The highest BCUT2D eigenvalue weighted by Gasteiger charge is 2.30. The average Bonchev–Trinajstić information content (AvgIpc) is 2.86. The Bertz CT molecular complexity index is 1160. The van der Waals surface area contributed by atoms with E-state index in [2.05, 4.69) is 0 Å². The van der Waals surface area contributed by atoms with E-state index < -0.39 is 51.5 Å². The molecule has 168 valence electrons. The predicted octanol–water partition coefficient (Wildman–Crippen LogP) is 2.95. The molecular formula is C24H18O9. The molecule has 0 unspecified atom stereocenters. The van der Waals surface area contributed by atoms with Crippen LogP contribution in [0.25, 0.3) is 0 Å². The molecule has 0 fully saturated rings. The van der Waals surface area contributed by atoms with Gasteiger partial charge in [0, 0.05) is 11.1 Å². The summed E-state index contributed by atoms with van der Waals surface area (Å²) >= 11 is 0. The fourth-order valence-corrected chi connectivity index (χ4v) is 2.99. The summed E-state index contributed by atoms with van der Waals surface area (Å²) in [6.07, 6.45) is 0. The van der Waals surface area contributed by atoms with E-state index in [1.165, 1.54) is 62.8 Å². The number of carbonyl (C=O) groups excluding carboxylic acids is 4. The molecule has 0 heterocycles. The zero-order valence-corrected chi connectivity index (χ0v) is 17.5. The monoisotopic (exact) mass is 450 g/mol. The van der Waals surface area contributed by atoms with Crippen molar-refractivity contribution in [1.29, 1.82) is 0 Å². The van der Waals surface area contributed by atoms with Crippen molar-refractivity contribution in [3.63, 3.8) is 0 Å². The second-order valence-corrected chi connectivity index (χ2v) is 6.79. The molecular weight excluding hydrogens is 432 g/mol. The van der Waals surface area contributed by atoms with E-state index in [0.29, 0.717) is 17.6 Å². The first kappa shape index (κ1) is 23.0. The fraction of sp³-hybridized carbons (Fsp3) is 0.0833. The third-order valence-corrected chi connectivity index (χ3v) is 4.85. The first-order valence-electron chi connectivity index (χ1n) is 9.43. The highest BCUT2D eigenvalue weighted by Crippen LogP contribution is 2.41. The number of rotatable bonds is 8. The molecule has 0 aliphatic rings. The average molecular weight is 450 g/mol. The van der Waals surface area contributed by atoms with Crippen LogP contribution in [0.5, 0.6) is 28.7 Å². The molecule has 0 radical (unpaired) electrons. The number of carbonyl (C=O) groups is 4.